The number of halogens is 3. The molecule has 0 aromatic heterocycles. The van der Waals surface area contributed by atoms with Crippen LogP contribution in [-0.4, -0.2) is 30.4 Å². The molecule has 4 nitrogen and oxygen atoms in total. The molecule has 0 aliphatic heterocycles. The van der Waals surface area contributed by atoms with Gasteiger partial charge in [0.1, 0.15) is 5.75 Å². The van der Waals surface area contributed by atoms with Crippen molar-refractivity contribution in [2.24, 2.45) is 0 Å². The van der Waals surface area contributed by atoms with Gasteiger partial charge < -0.3 is 15.0 Å². The van der Waals surface area contributed by atoms with Crippen LogP contribution in [-0.2, 0) is 0 Å². The van der Waals surface area contributed by atoms with E-state index in [1.807, 2.05) is 0 Å². The fraction of sp³-hybridized carbons (Fsp3) is 0.533. The second-order valence-corrected chi connectivity index (χ2v) is 5.41. The first-order chi connectivity index (χ1) is 10.3. The van der Waals surface area contributed by atoms with Gasteiger partial charge in [-0.15, -0.1) is 13.2 Å². The lowest BCUT2D eigenvalue weighted by molar-refractivity contribution is -0.274. The summed E-state index contributed by atoms with van der Waals surface area (Å²) >= 11 is 0. The predicted molar refractivity (Wildman–Crippen MR) is 76.8 cm³/mol. The van der Waals surface area contributed by atoms with E-state index in [4.69, 9.17) is 0 Å². The second kappa shape index (κ2) is 6.89. The number of anilines is 1. The Morgan fingerprint density at radius 1 is 1.18 bits per heavy atom. The van der Waals surface area contributed by atoms with Gasteiger partial charge in [0.15, 0.2) is 0 Å². The van der Waals surface area contributed by atoms with Gasteiger partial charge in [0.05, 0.1) is 0 Å². The molecule has 0 atom stereocenters. The lowest BCUT2D eigenvalue weighted by atomic mass is 9.95. The average molecular weight is 316 g/mol. The Hall–Kier alpha value is -1.92. The maximum atomic E-state index is 12.1. The van der Waals surface area contributed by atoms with Crippen LogP contribution in [0, 0.1) is 0 Å². The smallest absolute Gasteiger partial charge is 0.406 e. The topological polar surface area (TPSA) is 41.6 Å². The van der Waals surface area contributed by atoms with E-state index in [-0.39, 0.29) is 17.8 Å². The minimum absolute atomic E-state index is 0.224. The van der Waals surface area contributed by atoms with Crippen LogP contribution in [0.2, 0.25) is 0 Å². The van der Waals surface area contributed by atoms with E-state index in [9.17, 15) is 18.0 Å². The van der Waals surface area contributed by atoms with Gasteiger partial charge in [-0.3, -0.25) is 0 Å². The third-order valence-corrected chi connectivity index (χ3v) is 3.78. The van der Waals surface area contributed by atoms with Gasteiger partial charge in [-0.25, -0.2) is 4.79 Å². The van der Waals surface area contributed by atoms with E-state index in [2.05, 4.69) is 10.1 Å². The number of hydrogen-bond donors (Lipinski definition) is 1. The highest BCUT2D eigenvalue weighted by molar-refractivity contribution is 5.89. The molecule has 1 saturated carbocycles. The van der Waals surface area contributed by atoms with Crippen molar-refractivity contribution in [3.05, 3.63) is 24.3 Å². The van der Waals surface area contributed by atoms with Crippen LogP contribution in [0.25, 0.3) is 0 Å². The van der Waals surface area contributed by atoms with Crippen molar-refractivity contribution in [3.63, 3.8) is 0 Å². The third-order valence-electron chi connectivity index (χ3n) is 3.78. The first-order valence-electron chi connectivity index (χ1n) is 7.25. The zero-order valence-corrected chi connectivity index (χ0v) is 12.3. The highest BCUT2D eigenvalue weighted by Crippen LogP contribution is 2.25. The number of benzene rings is 1. The molecule has 1 aliphatic rings. The second-order valence-electron chi connectivity index (χ2n) is 5.41. The molecule has 1 fully saturated rings. The normalized spacial score (nSPS) is 16.2. The van der Waals surface area contributed by atoms with E-state index in [0.717, 1.165) is 25.7 Å². The Kier molecular flexibility index (Phi) is 5.15. The van der Waals surface area contributed by atoms with Crippen molar-refractivity contribution in [3.8, 4) is 5.75 Å². The fourth-order valence-electron chi connectivity index (χ4n) is 2.59. The van der Waals surface area contributed by atoms with Crippen molar-refractivity contribution < 1.29 is 22.7 Å². The van der Waals surface area contributed by atoms with Crippen LogP contribution in [0.5, 0.6) is 5.75 Å². The molecule has 0 saturated heterocycles. The lowest BCUT2D eigenvalue weighted by Gasteiger charge is -2.31. The summed E-state index contributed by atoms with van der Waals surface area (Å²) in [5, 5.41) is 2.68. The monoisotopic (exact) mass is 316 g/mol. The summed E-state index contributed by atoms with van der Waals surface area (Å²) in [6.07, 6.45) is 0.695. The fourth-order valence-corrected chi connectivity index (χ4v) is 2.59. The molecule has 0 bridgehead atoms. The van der Waals surface area contributed by atoms with Crippen LogP contribution < -0.4 is 10.1 Å². The molecule has 7 heteroatoms. The molecule has 22 heavy (non-hydrogen) atoms. The summed E-state index contributed by atoms with van der Waals surface area (Å²) in [6.45, 7) is 0. The van der Waals surface area contributed by atoms with Crippen molar-refractivity contribution in [1.82, 2.24) is 4.90 Å². The van der Waals surface area contributed by atoms with Gasteiger partial charge in [-0.1, -0.05) is 19.3 Å². The molecule has 1 aromatic rings. The van der Waals surface area contributed by atoms with Crippen molar-refractivity contribution >= 4 is 11.7 Å². The van der Waals surface area contributed by atoms with Gasteiger partial charge in [0, 0.05) is 18.8 Å². The molecule has 0 spiro atoms. The van der Waals surface area contributed by atoms with E-state index in [0.29, 0.717) is 5.69 Å². The Morgan fingerprint density at radius 3 is 2.32 bits per heavy atom. The number of alkyl halides is 3. The molecule has 0 radical (unpaired) electrons. The predicted octanol–water partition coefficient (Wildman–Crippen LogP) is 4.38. The zero-order chi connectivity index (χ0) is 16.2. The maximum Gasteiger partial charge on any atom is 0.573 e. The summed E-state index contributed by atoms with van der Waals surface area (Å²) in [7, 11) is 1.74. The number of ether oxygens (including phenoxy) is 1. The Morgan fingerprint density at radius 2 is 1.77 bits per heavy atom. The first-order valence-corrected chi connectivity index (χ1v) is 7.25. The highest BCUT2D eigenvalue weighted by Gasteiger charge is 2.31. The summed E-state index contributed by atoms with van der Waals surface area (Å²) in [5.41, 5.74) is 0.433. The van der Waals surface area contributed by atoms with Gasteiger partial charge >= 0.3 is 12.4 Å². The van der Waals surface area contributed by atoms with E-state index >= 15 is 0 Å². The number of carbonyl (C=O) groups excluding carboxylic acids is 1. The molecule has 0 heterocycles. The summed E-state index contributed by atoms with van der Waals surface area (Å²) in [5.74, 6) is -0.314. The minimum Gasteiger partial charge on any atom is -0.406 e. The van der Waals surface area contributed by atoms with E-state index in [1.54, 1.807) is 11.9 Å². The number of urea groups is 1. The molecule has 0 unspecified atom stereocenters. The van der Waals surface area contributed by atoms with Crippen LogP contribution >= 0.6 is 0 Å². The minimum atomic E-state index is -4.72. The number of amides is 2. The average Bonchev–Trinajstić information content (AvgIpc) is 2.48. The van der Waals surface area contributed by atoms with Gasteiger partial charge in [0.25, 0.3) is 0 Å². The van der Waals surface area contributed by atoms with Crippen LogP contribution in [0.3, 0.4) is 0 Å². The number of hydrogen-bond acceptors (Lipinski definition) is 2. The number of carbonyl (C=O) groups is 1. The molecule has 1 N–H and O–H groups in total. The van der Waals surface area contributed by atoms with Crippen molar-refractivity contribution in [2.45, 2.75) is 44.5 Å². The molecule has 2 rings (SSSR count). The molecular weight excluding hydrogens is 297 g/mol. The molecular formula is C15H19F3N2O2. The third kappa shape index (κ3) is 4.82. The van der Waals surface area contributed by atoms with E-state index in [1.165, 1.54) is 30.7 Å². The van der Waals surface area contributed by atoms with Crippen molar-refractivity contribution in [1.29, 1.82) is 0 Å². The quantitative estimate of drug-likeness (QED) is 0.899. The Balaban J connectivity index is 1.91. The standard InChI is InChI=1S/C15H19F3N2O2/c1-20(12-5-3-2-4-6-12)14(21)19-11-7-9-13(10-8-11)22-15(16,17)18/h7-10,12H,2-6H2,1H3,(H,19,21). The molecule has 2 amide bonds. The zero-order valence-electron chi connectivity index (χ0n) is 12.3. The van der Waals surface area contributed by atoms with Gasteiger partial charge in [-0.05, 0) is 37.1 Å². The number of rotatable bonds is 3. The lowest BCUT2D eigenvalue weighted by Crippen LogP contribution is -2.40. The maximum absolute atomic E-state index is 12.1. The summed E-state index contributed by atoms with van der Waals surface area (Å²) < 4.78 is 40.0. The number of nitrogens with zero attached hydrogens (tertiary/aromatic N) is 1. The van der Waals surface area contributed by atoms with Crippen LogP contribution in [0.1, 0.15) is 32.1 Å². The van der Waals surface area contributed by atoms with Gasteiger partial charge in [-0.2, -0.15) is 0 Å². The van der Waals surface area contributed by atoms with Crippen molar-refractivity contribution in [2.75, 3.05) is 12.4 Å². The van der Waals surface area contributed by atoms with E-state index < -0.39 is 6.36 Å². The molecule has 1 aliphatic carbocycles. The summed E-state index contributed by atoms with van der Waals surface area (Å²) in [4.78, 5) is 13.8. The first kappa shape index (κ1) is 16.5. The summed E-state index contributed by atoms with van der Waals surface area (Å²) in [6, 6.07) is 5.08. The Labute approximate surface area is 127 Å². The molecule has 122 valence electrons. The largest absolute Gasteiger partial charge is 0.573 e. The highest BCUT2D eigenvalue weighted by atomic mass is 19.4. The Bertz CT molecular complexity index is 497. The SMILES string of the molecule is CN(C(=O)Nc1ccc(OC(F)(F)F)cc1)C1CCCCC1. The molecule has 1 aromatic carbocycles. The van der Waals surface area contributed by atoms with Crippen LogP contribution in [0.15, 0.2) is 24.3 Å². The van der Waals surface area contributed by atoms with Gasteiger partial charge in [0.2, 0.25) is 0 Å². The van der Waals surface area contributed by atoms with Crippen LogP contribution in [0.4, 0.5) is 23.7 Å². The number of nitrogens with one attached hydrogen (secondary N) is 1.